The van der Waals surface area contributed by atoms with Crippen LogP contribution in [-0.4, -0.2) is 37.4 Å². The number of ether oxygens (including phenoxy) is 1. The summed E-state index contributed by atoms with van der Waals surface area (Å²) in [5, 5.41) is 8.75. The van der Waals surface area contributed by atoms with Gasteiger partial charge in [0.15, 0.2) is 0 Å². The number of nitrogens with two attached hydrogens (primary N) is 1. The number of rotatable bonds is 8. The second-order valence-corrected chi connectivity index (χ2v) is 5.83. The predicted molar refractivity (Wildman–Crippen MR) is 93.5 cm³/mol. The maximum atomic E-state index is 12.3. The Morgan fingerprint density at radius 1 is 1.36 bits per heavy atom. The lowest BCUT2D eigenvalue weighted by Gasteiger charge is -2.25. The summed E-state index contributed by atoms with van der Waals surface area (Å²) in [7, 11) is 0. The van der Waals surface area contributed by atoms with Crippen LogP contribution in [-0.2, 0) is 4.74 Å². The van der Waals surface area contributed by atoms with Gasteiger partial charge in [-0.25, -0.2) is 4.79 Å². The highest BCUT2D eigenvalue weighted by atomic mass is 79.9. The molecule has 0 fully saturated rings. The third-order valence-corrected chi connectivity index (χ3v) is 4.66. The van der Waals surface area contributed by atoms with Crippen molar-refractivity contribution in [2.45, 2.75) is 33.6 Å². The summed E-state index contributed by atoms with van der Waals surface area (Å²) < 4.78 is 6.01. The molecule has 0 atom stereocenters. The molecule has 5 nitrogen and oxygen atoms in total. The molecular weight excluding hydrogens is 348 g/mol. The molecule has 22 heavy (non-hydrogen) atoms. The van der Waals surface area contributed by atoms with Gasteiger partial charge in [-0.05, 0) is 61.2 Å². The minimum atomic E-state index is -0.357. The molecule has 0 amide bonds. The van der Waals surface area contributed by atoms with Crippen LogP contribution in [0.3, 0.4) is 0 Å². The van der Waals surface area contributed by atoms with Crippen molar-refractivity contribution >= 4 is 33.3 Å². The summed E-state index contributed by atoms with van der Waals surface area (Å²) >= 11 is 3.48. The number of benzene rings is 1. The Hall–Kier alpha value is -1.27. The highest BCUT2D eigenvalue weighted by Crippen LogP contribution is 2.36. The Morgan fingerprint density at radius 2 is 2.00 bits per heavy atom. The van der Waals surface area contributed by atoms with Gasteiger partial charge in [0.25, 0.3) is 0 Å². The van der Waals surface area contributed by atoms with E-state index in [1.54, 1.807) is 6.07 Å². The number of unbranched alkanes of at least 4 members (excludes halogenated alkanes) is 1. The van der Waals surface area contributed by atoms with Crippen LogP contribution < -0.4 is 10.6 Å². The summed E-state index contributed by atoms with van der Waals surface area (Å²) in [5.74, 6) is -0.357. The van der Waals surface area contributed by atoms with Gasteiger partial charge in [0.05, 0.1) is 23.5 Å². The Bertz CT molecular complexity index is 517. The molecule has 0 radical (unpaired) electrons. The van der Waals surface area contributed by atoms with E-state index in [1.165, 1.54) is 0 Å². The zero-order chi connectivity index (χ0) is 16.7. The van der Waals surface area contributed by atoms with Crippen molar-refractivity contribution in [3.63, 3.8) is 0 Å². The topological polar surface area (TPSA) is 75.8 Å². The lowest BCUT2D eigenvalue weighted by molar-refractivity contribution is 0.0491. The summed E-state index contributed by atoms with van der Waals surface area (Å²) in [6, 6.07) is 1.80. The van der Waals surface area contributed by atoms with E-state index in [1.807, 2.05) is 20.8 Å². The van der Waals surface area contributed by atoms with Crippen molar-refractivity contribution in [1.82, 2.24) is 0 Å². The van der Waals surface area contributed by atoms with Crippen LogP contribution in [0.5, 0.6) is 0 Å². The SMILES string of the molecule is CCN(CC)c1cc(C(=O)OCCCCO)c(C)c(Br)c1N. The molecule has 0 unspecified atom stereocenters. The van der Waals surface area contributed by atoms with Crippen molar-refractivity contribution < 1.29 is 14.6 Å². The van der Waals surface area contributed by atoms with Crippen molar-refractivity contribution in [2.24, 2.45) is 0 Å². The molecule has 6 heteroatoms. The van der Waals surface area contributed by atoms with Gasteiger partial charge in [-0.1, -0.05) is 0 Å². The number of esters is 1. The molecule has 0 spiro atoms. The number of halogens is 1. The number of anilines is 2. The first kappa shape index (κ1) is 18.8. The number of aliphatic hydroxyl groups is 1. The molecule has 0 heterocycles. The van der Waals surface area contributed by atoms with E-state index in [0.717, 1.165) is 28.8 Å². The van der Waals surface area contributed by atoms with Crippen LogP contribution in [0.1, 0.15) is 42.6 Å². The number of carbonyl (C=O) groups is 1. The zero-order valence-electron chi connectivity index (χ0n) is 13.5. The highest BCUT2D eigenvalue weighted by molar-refractivity contribution is 9.10. The summed E-state index contributed by atoms with van der Waals surface area (Å²) in [5.41, 5.74) is 8.95. The molecule has 0 aliphatic rings. The average Bonchev–Trinajstić information content (AvgIpc) is 2.52. The second-order valence-electron chi connectivity index (χ2n) is 5.03. The first-order valence-corrected chi connectivity index (χ1v) is 8.38. The fraction of sp³-hybridized carbons (Fsp3) is 0.562. The summed E-state index contributed by atoms with van der Waals surface area (Å²) in [4.78, 5) is 14.4. The minimum Gasteiger partial charge on any atom is -0.462 e. The molecule has 0 bridgehead atoms. The molecule has 0 aliphatic carbocycles. The number of hydrogen-bond donors (Lipinski definition) is 2. The maximum absolute atomic E-state index is 12.3. The van der Waals surface area contributed by atoms with E-state index in [-0.39, 0.29) is 12.6 Å². The normalized spacial score (nSPS) is 10.6. The first-order valence-electron chi connectivity index (χ1n) is 7.59. The smallest absolute Gasteiger partial charge is 0.338 e. The Balaban J connectivity index is 3.06. The van der Waals surface area contributed by atoms with Gasteiger partial charge in [0.2, 0.25) is 0 Å². The van der Waals surface area contributed by atoms with Crippen LogP contribution in [0.4, 0.5) is 11.4 Å². The molecule has 124 valence electrons. The van der Waals surface area contributed by atoms with E-state index in [0.29, 0.717) is 30.7 Å². The monoisotopic (exact) mass is 372 g/mol. The summed E-state index contributed by atoms with van der Waals surface area (Å²) in [6.45, 7) is 7.96. The minimum absolute atomic E-state index is 0.107. The number of nitrogen functional groups attached to an aromatic ring is 1. The molecule has 1 rings (SSSR count). The van der Waals surface area contributed by atoms with Crippen LogP contribution in [0.15, 0.2) is 10.5 Å². The van der Waals surface area contributed by atoms with Crippen molar-refractivity contribution in [3.05, 3.63) is 21.7 Å². The Kier molecular flexibility index (Phi) is 7.68. The van der Waals surface area contributed by atoms with Crippen LogP contribution in [0.2, 0.25) is 0 Å². The standard InChI is InChI=1S/C16H25BrN2O3/c1-4-19(5-2)13-10-12(11(3)14(17)15(13)18)16(21)22-9-7-6-8-20/h10,20H,4-9,18H2,1-3H3. The lowest BCUT2D eigenvalue weighted by Crippen LogP contribution is -2.24. The van der Waals surface area contributed by atoms with E-state index < -0.39 is 0 Å². The molecule has 0 aromatic heterocycles. The third kappa shape index (κ3) is 4.36. The first-order chi connectivity index (χ1) is 10.5. The largest absolute Gasteiger partial charge is 0.462 e. The van der Waals surface area contributed by atoms with E-state index in [2.05, 4.69) is 20.8 Å². The number of aliphatic hydroxyl groups excluding tert-OH is 1. The Morgan fingerprint density at radius 3 is 2.55 bits per heavy atom. The van der Waals surface area contributed by atoms with Crippen LogP contribution in [0.25, 0.3) is 0 Å². The van der Waals surface area contributed by atoms with Gasteiger partial charge in [0.1, 0.15) is 0 Å². The number of hydrogen-bond acceptors (Lipinski definition) is 5. The third-order valence-electron chi connectivity index (χ3n) is 3.64. The number of carbonyl (C=O) groups excluding carboxylic acids is 1. The maximum Gasteiger partial charge on any atom is 0.338 e. The van der Waals surface area contributed by atoms with E-state index in [9.17, 15) is 4.79 Å². The second kappa shape index (κ2) is 9.00. The predicted octanol–water partition coefficient (Wildman–Crippen LogP) is 3.12. The van der Waals surface area contributed by atoms with Gasteiger partial charge in [-0.15, -0.1) is 0 Å². The fourth-order valence-electron chi connectivity index (χ4n) is 2.25. The highest BCUT2D eigenvalue weighted by Gasteiger charge is 2.19. The van der Waals surface area contributed by atoms with Gasteiger partial charge in [0, 0.05) is 24.2 Å². The molecular formula is C16H25BrN2O3. The zero-order valence-corrected chi connectivity index (χ0v) is 15.1. The number of nitrogens with zero attached hydrogens (tertiary/aromatic N) is 1. The van der Waals surface area contributed by atoms with E-state index in [4.69, 9.17) is 15.6 Å². The molecule has 0 aliphatic heterocycles. The fourth-order valence-corrected chi connectivity index (χ4v) is 2.67. The van der Waals surface area contributed by atoms with Crippen LogP contribution >= 0.6 is 15.9 Å². The lowest BCUT2D eigenvalue weighted by atomic mass is 10.1. The molecule has 1 aromatic rings. The van der Waals surface area contributed by atoms with E-state index >= 15 is 0 Å². The molecule has 0 saturated heterocycles. The van der Waals surface area contributed by atoms with Crippen molar-refractivity contribution in [2.75, 3.05) is 36.9 Å². The molecule has 1 aromatic carbocycles. The Labute approximate surface area is 140 Å². The van der Waals surface area contributed by atoms with Crippen molar-refractivity contribution in [3.8, 4) is 0 Å². The van der Waals surface area contributed by atoms with Gasteiger partial charge in [-0.3, -0.25) is 0 Å². The van der Waals surface area contributed by atoms with Crippen LogP contribution in [0, 0.1) is 6.92 Å². The molecule has 3 N–H and O–H groups in total. The van der Waals surface area contributed by atoms with Crippen molar-refractivity contribution in [1.29, 1.82) is 0 Å². The summed E-state index contributed by atoms with van der Waals surface area (Å²) in [6.07, 6.45) is 1.28. The van der Waals surface area contributed by atoms with Gasteiger partial charge >= 0.3 is 5.97 Å². The molecule has 0 saturated carbocycles. The van der Waals surface area contributed by atoms with Gasteiger partial charge in [-0.2, -0.15) is 0 Å². The quantitative estimate of drug-likeness (QED) is 0.416. The average molecular weight is 373 g/mol. The van der Waals surface area contributed by atoms with Gasteiger partial charge < -0.3 is 20.5 Å².